The predicted molar refractivity (Wildman–Crippen MR) is 112 cm³/mol. The number of halogens is 1. The van der Waals surface area contributed by atoms with E-state index in [0.29, 0.717) is 18.9 Å². The zero-order chi connectivity index (χ0) is 19.2. The van der Waals surface area contributed by atoms with Crippen LogP contribution in [0.2, 0.25) is 5.02 Å². The van der Waals surface area contributed by atoms with Crippen LogP contribution >= 0.6 is 11.6 Å². The van der Waals surface area contributed by atoms with Crippen LogP contribution in [-0.4, -0.2) is 9.97 Å². The summed E-state index contributed by atoms with van der Waals surface area (Å²) < 4.78 is 5.38. The lowest BCUT2D eigenvalue weighted by molar-refractivity contribution is 0.518. The minimum atomic E-state index is 0.550. The van der Waals surface area contributed by atoms with Crippen LogP contribution in [0, 0.1) is 0 Å². The number of hydrogen-bond donors (Lipinski definition) is 2. The molecular weight excluding hydrogens is 372 g/mol. The van der Waals surface area contributed by atoms with E-state index in [0.717, 1.165) is 33.5 Å². The highest BCUT2D eigenvalue weighted by Gasteiger charge is 2.08. The van der Waals surface area contributed by atoms with Crippen LogP contribution in [0.4, 0.5) is 11.6 Å². The minimum Gasteiger partial charge on any atom is -0.467 e. The Bertz CT molecular complexity index is 1020. The lowest BCUT2D eigenvalue weighted by Crippen LogP contribution is -2.07. The number of anilines is 2. The molecule has 0 bridgehead atoms. The first-order valence-corrected chi connectivity index (χ1v) is 9.33. The van der Waals surface area contributed by atoms with Crippen molar-refractivity contribution >= 4 is 23.2 Å². The molecule has 4 aromatic rings. The number of rotatable bonds is 7. The maximum Gasteiger partial charge on any atom is 0.163 e. The third kappa shape index (κ3) is 4.69. The predicted octanol–water partition coefficient (Wildman–Crippen LogP) is 5.61. The Labute approximate surface area is 168 Å². The molecule has 0 aliphatic rings. The fourth-order valence-electron chi connectivity index (χ4n) is 2.73. The molecule has 0 unspecified atom stereocenters. The third-order valence-electron chi connectivity index (χ3n) is 4.17. The molecule has 0 aliphatic heterocycles. The second-order valence-electron chi connectivity index (χ2n) is 6.24. The van der Waals surface area contributed by atoms with Crippen LogP contribution in [0.1, 0.15) is 11.3 Å². The van der Waals surface area contributed by atoms with Crippen LogP contribution < -0.4 is 10.6 Å². The Kier molecular flexibility index (Phi) is 5.54. The van der Waals surface area contributed by atoms with Crippen molar-refractivity contribution in [2.24, 2.45) is 0 Å². The molecule has 4 rings (SSSR count). The summed E-state index contributed by atoms with van der Waals surface area (Å²) in [6.45, 7) is 1.19. The lowest BCUT2D eigenvalue weighted by Gasteiger charge is -2.11. The van der Waals surface area contributed by atoms with Gasteiger partial charge in [-0.15, -0.1) is 0 Å². The van der Waals surface area contributed by atoms with E-state index in [9.17, 15) is 0 Å². The van der Waals surface area contributed by atoms with Gasteiger partial charge in [-0.2, -0.15) is 0 Å². The Balaban J connectivity index is 1.56. The molecule has 0 radical (unpaired) electrons. The summed E-state index contributed by atoms with van der Waals surface area (Å²) in [6.07, 6.45) is 1.66. The minimum absolute atomic E-state index is 0.550. The molecule has 0 fully saturated rings. The second-order valence-corrected chi connectivity index (χ2v) is 6.68. The lowest BCUT2D eigenvalue weighted by atomic mass is 10.2. The highest BCUT2D eigenvalue weighted by Crippen LogP contribution is 2.21. The molecule has 0 saturated heterocycles. The number of nitrogens with zero attached hydrogens (tertiary/aromatic N) is 2. The van der Waals surface area contributed by atoms with Crippen molar-refractivity contribution in [1.29, 1.82) is 0 Å². The average molecular weight is 391 g/mol. The van der Waals surface area contributed by atoms with E-state index >= 15 is 0 Å². The van der Waals surface area contributed by atoms with E-state index in [4.69, 9.17) is 16.0 Å². The SMILES string of the molecule is Clc1ccc(CNc2cc(NCc3ccco3)nc(-c3ccccc3)n2)cc1. The molecule has 6 heteroatoms. The van der Waals surface area contributed by atoms with Gasteiger partial charge in [0.2, 0.25) is 0 Å². The fraction of sp³-hybridized carbons (Fsp3) is 0.0909. The Morgan fingerprint density at radius 1 is 0.786 bits per heavy atom. The molecule has 2 N–H and O–H groups in total. The summed E-state index contributed by atoms with van der Waals surface area (Å²) >= 11 is 5.96. The summed E-state index contributed by atoms with van der Waals surface area (Å²) in [4.78, 5) is 9.32. The zero-order valence-electron chi connectivity index (χ0n) is 15.1. The molecule has 2 heterocycles. The number of benzene rings is 2. The molecule has 0 aliphatic carbocycles. The van der Waals surface area contributed by atoms with Gasteiger partial charge in [-0.25, -0.2) is 9.97 Å². The Hall–Kier alpha value is -3.31. The normalized spacial score (nSPS) is 10.6. The summed E-state index contributed by atoms with van der Waals surface area (Å²) in [5, 5.41) is 7.39. The van der Waals surface area contributed by atoms with Crippen LogP contribution in [0.15, 0.2) is 83.5 Å². The first-order valence-electron chi connectivity index (χ1n) is 8.95. The molecule has 2 aromatic carbocycles. The van der Waals surface area contributed by atoms with E-state index in [1.165, 1.54) is 0 Å². The summed E-state index contributed by atoms with van der Waals surface area (Å²) in [6, 6.07) is 23.3. The summed E-state index contributed by atoms with van der Waals surface area (Å²) in [5.74, 6) is 2.97. The number of aromatic nitrogens is 2. The molecule has 28 heavy (non-hydrogen) atoms. The van der Waals surface area contributed by atoms with E-state index in [1.807, 2.05) is 72.8 Å². The average Bonchev–Trinajstić information content (AvgIpc) is 3.26. The van der Waals surface area contributed by atoms with Crippen molar-refractivity contribution in [2.75, 3.05) is 10.6 Å². The Morgan fingerprint density at radius 3 is 2.18 bits per heavy atom. The number of furan rings is 1. The van der Waals surface area contributed by atoms with Crippen LogP contribution in [-0.2, 0) is 13.1 Å². The van der Waals surface area contributed by atoms with Gasteiger partial charge in [-0.1, -0.05) is 54.1 Å². The van der Waals surface area contributed by atoms with Gasteiger partial charge in [0.15, 0.2) is 5.82 Å². The molecule has 5 nitrogen and oxygen atoms in total. The maximum absolute atomic E-state index is 5.96. The topological polar surface area (TPSA) is 63.0 Å². The monoisotopic (exact) mass is 390 g/mol. The van der Waals surface area contributed by atoms with Gasteiger partial charge < -0.3 is 15.1 Å². The van der Waals surface area contributed by atoms with E-state index in [1.54, 1.807) is 6.26 Å². The van der Waals surface area contributed by atoms with Crippen LogP contribution in [0.25, 0.3) is 11.4 Å². The molecule has 140 valence electrons. The summed E-state index contributed by atoms with van der Waals surface area (Å²) in [7, 11) is 0. The smallest absolute Gasteiger partial charge is 0.163 e. The van der Waals surface area contributed by atoms with Gasteiger partial charge >= 0.3 is 0 Å². The second kappa shape index (κ2) is 8.59. The van der Waals surface area contributed by atoms with Gasteiger partial charge in [0.25, 0.3) is 0 Å². The van der Waals surface area contributed by atoms with Crippen molar-refractivity contribution in [3.8, 4) is 11.4 Å². The van der Waals surface area contributed by atoms with Crippen molar-refractivity contribution in [1.82, 2.24) is 9.97 Å². The highest BCUT2D eigenvalue weighted by molar-refractivity contribution is 6.30. The molecule has 0 saturated carbocycles. The highest BCUT2D eigenvalue weighted by atomic mass is 35.5. The van der Waals surface area contributed by atoms with E-state index in [-0.39, 0.29) is 0 Å². The third-order valence-corrected chi connectivity index (χ3v) is 4.42. The van der Waals surface area contributed by atoms with Crippen molar-refractivity contribution in [2.45, 2.75) is 13.1 Å². The zero-order valence-corrected chi connectivity index (χ0v) is 15.9. The van der Waals surface area contributed by atoms with Gasteiger partial charge in [0, 0.05) is 23.2 Å². The van der Waals surface area contributed by atoms with Crippen LogP contribution in [0.3, 0.4) is 0 Å². The van der Waals surface area contributed by atoms with Gasteiger partial charge in [0.05, 0.1) is 12.8 Å². The van der Waals surface area contributed by atoms with Crippen LogP contribution in [0.5, 0.6) is 0 Å². The summed E-state index contributed by atoms with van der Waals surface area (Å²) in [5.41, 5.74) is 2.08. The fourth-order valence-corrected chi connectivity index (χ4v) is 2.86. The largest absolute Gasteiger partial charge is 0.467 e. The van der Waals surface area contributed by atoms with E-state index < -0.39 is 0 Å². The molecule has 0 spiro atoms. The molecule has 0 atom stereocenters. The van der Waals surface area contributed by atoms with Gasteiger partial charge in [0.1, 0.15) is 17.4 Å². The van der Waals surface area contributed by atoms with Crippen molar-refractivity contribution < 1.29 is 4.42 Å². The molecular formula is C22H19ClN4O. The first kappa shape index (κ1) is 18.1. The van der Waals surface area contributed by atoms with Gasteiger partial charge in [-0.05, 0) is 29.8 Å². The standard InChI is InChI=1S/C22H19ClN4O/c23-18-10-8-16(9-11-18)14-24-20-13-21(25-15-19-7-4-12-28-19)27-22(26-20)17-5-2-1-3-6-17/h1-13H,14-15H2,(H2,24,25,26,27). The molecule has 2 aromatic heterocycles. The maximum atomic E-state index is 5.96. The first-order chi connectivity index (χ1) is 13.8. The van der Waals surface area contributed by atoms with Crippen molar-refractivity contribution in [3.63, 3.8) is 0 Å². The quantitative estimate of drug-likeness (QED) is 0.429. The number of nitrogens with one attached hydrogen (secondary N) is 2. The van der Waals surface area contributed by atoms with Gasteiger partial charge in [-0.3, -0.25) is 0 Å². The molecule has 0 amide bonds. The van der Waals surface area contributed by atoms with Crippen molar-refractivity contribution in [3.05, 3.63) is 95.4 Å². The Morgan fingerprint density at radius 2 is 1.50 bits per heavy atom. The number of hydrogen-bond acceptors (Lipinski definition) is 5. The van der Waals surface area contributed by atoms with E-state index in [2.05, 4.69) is 20.6 Å².